The van der Waals surface area contributed by atoms with Crippen LogP contribution in [-0.4, -0.2) is 27.7 Å². The molecule has 1 fully saturated rings. The van der Waals surface area contributed by atoms with Gasteiger partial charge in [0, 0.05) is 36.0 Å². The molecule has 130 valence electrons. The number of hydrogen-bond donors (Lipinski definition) is 0. The minimum absolute atomic E-state index is 0.706. The van der Waals surface area contributed by atoms with Crippen molar-refractivity contribution < 1.29 is 0 Å². The van der Waals surface area contributed by atoms with Crippen LogP contribution in [0.4, 0.5) is 5.82 Å². The van der Waals surface area contributed by atoms with Gasteiger partial charge in [-0.3, -0.25) is 0 Å². The third-order valence-electron chi connectivity index (χ3n) is 5.17. The summed E-state index contributed by atoms with van der Waals surface area (Å²) >= 11 is 0. The Balaban J connectivity index is 1.88. The van der Waals surface area contributed by atoms with E-state index >= 15 is 0 Å². The summed E-state index contributed by atoms with van der Waals surface area (Å²) in [6.45, 7) is 11.1. The van der Waals surface area contributed by atoms with Gasteiger partial charge in [0.25, 0.3) is 0 Å². The van der Waals surface area contributed by atoms with E-state index in [1.165, 1.54) is 12.2 Å². The van der Waals surface area contributed by atoms with Crippen molar-refractivity contribution in [3.05, 3.63) is 47.7 Å². The van der Waals surface area contributed by atoms with Gasteiger partial charge in [-0.05, 0) is 32.1 Å². The van der Waals surface area contributed by atoms with Gasteiger partial charge in [-0.1, -0.05) is 44.2 Å². The first-order chi connectivity index (χ1) is 12.0. The Hall–Kier alpha value is -2.36. The van der Waals surface area contributed by atoms with Gasteiger partial charge >= 0.3 is 0 Å². The van der Waals surface area contributed by atoms with Crippen molar-refractivity contribution in [2.75, 3.05) is 18.0 Å². The lowest BCUT2D eigenvalue weighted by Crippen LogP contribution is -2.39. The highest BCUT2D eigenvalue weighted by atomic mass is 15.4. The molecule has 4 rings (SSSR count). The maximum absolute atomic E-state index is 4.96. The summed E-state index contributed by atoms with van der Waals surface area (Å²) in [5, 5.41) is 4.96. The van der Waals surface area contributed by atoms with Gasteiger partial charge in [0.05, 0.1) is 5.69 Å². The average Bonchev–Trinajstić information content (AvgIpc) is 2.91. The largest absolute Gasteiger partial charge is 0.356 e. The number of fused-ring (bicyclic) bond motifs is 1. The quantitative estimate of drug-likeness (QED) is 0.692. The van der Waals surface area contributed by atoms with Crippen molar-refractivity contribution in [2.24, 2.45) is 11.8 Å². The fraction of sp³-hybridized carbons (Fsp3) is 0.429. The van der Waals surface area contributed by atoms with Gasteiger partial charge in [-0.25, -0.2) is 4.98 Å². The van der Waals surface area contributed by atoms with E-state index in [1.807, 2.05) is 6.07 Å². The Morgan fingerprint density at radius 2 is 1.68 bits per heavy atom. The van der Waals surface area contributed by atoms with Crippen LogP contribution in [-0.2, 0) is 0 Å². The summed E-state index contributed by atoms with van der Waals surface area (Å²) in [7, 11) is 0. The van der Waals surface area contributed by atoms with E-state index in [9.17, 15) is 0 Å². The molecule has 0 amide bonds. The molecule has 0 saturated carbocycles. The second-order valence-corrected chi connectivity index (χ2v) is 7.68. The van der Waals surface area contributed by atoms with Gasteiger partial charge in [0.2, 0.25) is 0 Å². The Morgan fingerprint density at radius 3 is 2.36 bits per heavy atom. The van der Waals surface area contributed by atoms with Gasteiger partial charge in [-0.2, -0.15) is 9.61 Å². The molecular formula is C21H26N4. The fourth-order valence-corrected chi connectivity index (χ4v) is 4.17. The molecule has 1 aliphatic rings. The van der Waals surface area contributed by atoms with Crippen LogP contribution >= 0.6 is 0 Å². The predicted molar refractivity (Wildman–Crippen MR) is 103 cm³/mol. The van der Waals surface area contributed by atoms with Gasteiger partial charge in [0.1, 0.15) is 5.82 Å². The van der Waals surface area contributed by atoms with E-state index in [1.54, 1.807) is 0 Å². The number of benzene rings is 1. The summed E-state index contributed by atoms with van der Waals surface area (Å²) in [4.78, 5) is 7.28. The van der Waals surface area contributed by atoms with E-state index in [0.29, 0.717) is 11.8 Å². The lowest BCUT2D eigenvalue weighted by Gasteiger charge is -2.36. The molecule has 1 aromatic carbocycles. The van der Waals surface area contributed by atoms with Crippen LogP contribution in [0.3, 0.4) is 0 Å². The molecule has 0 bridgehead atoms. The molecule has 0 radical (unpaired) electrons. The van der Waals surface area contributed by atoms with Crippen LogP contribution in [0.15, 0.2) is 36.4 Å². The lowest BCUT2D eigenvalue weighted by molar-refractivity contribution is 0.354. The number of rotatable bonds is 2. The minimum atomic E-state index is 0.706. The lowest BCUT2D eigenvalue weighted by atomic mass is 9.92. The molecule has 0 N–H and O–H groups in total. The topological polar surface area (TPSA) is 33.4 Å². The van der Waals surface area contributed by atoms with Crippen LogP contribution in [0.2, 0.25) is 0 Å². The standard InChI is InChI=1S/C21H26N4/c1-14-10-15(2)13-24(12-14)19-11-16(3)22-21-17(4)20(23-25(19)21)18-8-6-5-7-9-18/h5-9,11,14-15H,10,12-13H2,1-4H3/t14-,15+. The first-order valence-electron chi connectivity index (χ1n) is 9.20. The molecule has 2 atom stereocenters. The smallest absolute Gasteiger partial charge is 0.161 e. The van der Waals surface area contributed by atoms with E-state index in [4.69, 9.17) is 10.1 Å². The van der Waals surface area contributed by atoms with E-state index in [0.717, 1.165) is 41.3 Å². The highest BCUT2D eigenvalue weighted by molar-refractivity contribution is 5.71. The monoisotopic (exact) mass is 334 g/mol. The number of aromatic nitrogens is 3. The molecular weight excluding hydrogens is 308 g/mol. The van der Waals surface area contributed by atoms with Crippen molar-refractivity contribution in [1.82, 2.24) is 14.6 Å². The van der Waals surface area contributed by atoms with E-state index < -0.39 is 0 Å². The van der Waals surface area contributed by atoms with E-state index in [-0.39, 0.29) is 0 Å². The SMILES string of the molecule is Cc1cc(N2C[C@H](C)C[C@H](C)C2)n2nc(-c3ccccc3)c(C)c2n1. The third kappa shape index (κ3) is 2.90. The Labute approximate surface area is 149 Å². The summed E-state index contributed by atoms with van der Waals surface area (Å²) in [6.07, 6.45) is 1.30. The molecule has 1 saturated heterocycles. The first-order valence-corrected chi connectivity index (χ1v) is 9.20. The molecule has 0 aliphatic carbocycles. The molecule has 25 heavy (non-hydrogen) atoms. The molecule has 4 heteroatoms. The number of aryl methyl sites for hydroxylation is 2. The third-order valence-corrected chi connectivity index (χ3v) is 5.17. The maximum Gasteiger partial charge on any atom is 0.161 e. The molecule has 0 spiro atoms. The first kappa shape index (κ1) is 16.1. The van der Waals surface area contributed by atoms with Gasteiger partial charge < -0.3 is 4.90 Å². The molecule has 1 aliphatic heterocycles. The molecule has 3 heterocycles. The van der Waals surface area contributed by atoms with Crippen LogP contribution in [0.1, 0.15) is 31.5 Å². The number of anilines is 1. The Bertz CT molecular complexity index is 887. The van der Waals surface area contributed by atoms with Crippen molar-refractivity contribution in [1.29, 1.82) is 0 Å². The zero-order valence-electron chi connectivity index (χ0n) is 15.5. The number of piperidine rings is 1. The van der Waals surface area contributed by atoms with E-state index in [2.05, 4.69) is 67.4 Å². The second kappa shape index (κ2) is 6.17. The molecule has 0 unspecified atom stereocenters. The number of hydrogen-bond acceptors (Lipinski definition) is 3. The van der Waals surface area contributed by atoms with Crippen LogP contribution in [0.25, 0.3) is 16.9 Å². The zero-order valence-corrected chi connectivity index (χ0v) is 15.5. The summed E-state index contributed by atoms with van der Waals surface area (Å²) in [5.74, 6) is 2.58. The highest BCUT2D eigenvalue weighted by Crippen LogP contribution is 2.30. The molecule has 4 nitrogen and oxygen atoms in total. The average molecular weight is 334 g/mol. The summed E-state index contributed by atoms with van der Waals surface area (Å²) in [6, 6.07) is 12.6. The van der Waals surface area contributed by atoms with Crippen molar-refractivity contribution in [3.63, 3.8) is 0 Å². The highest BCUT2D eigenvalue weighted by Gasteiger charge is 2.25. The van der Waals surface area contributed by atoms with Gasteiger partial charge in [-0.15, -0.1) is 0 Å². The van der Waals surface area contributed by atoms with Gasteiger partial charge in [0.15, 0.2) is 5.65 Å². The summed E-state index contributed by atoms with van der Waals surface area (Å²) in [5.41, 5.74) is 5.34. The van der Waals surface area contributed by atoms with Crippen molar-refractivity contribution in [2.45, 2.75) is 34.1 Å². The fourth-order valence-electron chi connectivity index (χ4n) is 4.17. The normalized spacial score (nSPS) is 21.0. The maximum atomic E-state index is 4.96. The number of nitrogens with zero attached hydrogens (tertiary/aromatic N) is 4. The molecule has 3 aromatic rings. The van der Waals surface area contributed by atoms with Crippen molar-refractivity contribution >= 4 is 11.5 Å². The van der Waals surface area contributed by atoms with Crippen molar-refractivity contribution in [3.8, 4) is 11.3 Å². The zero-order chi connectivity index (χ0) is 17.6. The second-order valence-electron chi connectivity index (χ2n) is 7.68. The summed E-state index contributed by atoms with van der Waals surface area (Å²) < 4.78 is 2.05. The minimum Gasteiger partial charge on any atom is -0.356 e. The Morgan fingerprint density at radius 1 is 1.00 bits per heavy atom. The van der Waals surface area contributed by atoms with Crippen LogP contribution in [0.5, 0.6) is 0 Å². The Kier molecular flexibility index (Phi) is 3.98. The molecule has 2 aromatic heterocycles. The van der Waals surface area contributed by atoms with Crippen LogP contribution in [0, 0.1) is 25.7 Å². The predicted octanol–water partition coefficient (Wildman–Crippen LogP) is 4.50. The van der Waals surface area contributed by atoms with Crippen LogP contribution < -0.4 is 4.90 Å².